The lowest BCUT2D eigenvalue weighted by molar-refractivity contribution is 0.584. The van der Waals surface area contributed by atoms with E-state index in [2.05, 4.69) is 16.2 Å². The second-order valence-electron chi connectivity index (χ2n) is 4.12. The van der Waals surface area contributed by atoms with Gasteiger partial charge in [0.1, 0.15) is 5.50 Å². The highest BCUT2D eigenvalue weighted by Crippen LogP contribution is 2.11. The second kappa shape index (κ2) is 7.93. The summed E-state index contributed by atoms with van der Waals surface area (Å²) >= 11 is 0. The Morgan fingerprint density at radius 3 is 2.33 bits per heavy atom. The largest absolute Gasteiger partial charge is 0.464 e. The molecule has 84 valence electrons. The molecule has 0 atom stereocenters. The Morgan fingerprint density at radius 2 is 1.73 bits per heavy atom. The third-order valence-corrected chi connectivity index (χ3v) is 3.17. The number of hydrogen-bond donors (Lipinski definition) is 0. The minimum Gasteiger partial charge on any atom is -0.464 e. The summed E-state index contributed by atoms with van der Waals surface area (Å²) in [5.74, 6) is 0. The molecule has 2 radical (unpaired) electrons. The third-order valence-electron chi connectivity index (χ3n) is 2.77. The fourth-order valence-electron chi connectivity index (χ4n) is 1.79. The first-order valence-corrected chi connectivity index (χ1v) is 6.54. The molecule has 0 spiro atoms. The molecule has 15 heavy (non-hydrogen) atoms. The molecule has 0 aliphatic heterocycles. The molecule has 1 rings (SSSR count). The van der Waals surface area contributed by atoms with Gasteiger partial charge in [-0.3, -0.25) is 0 Å². The molecule has 1 aromatic rings. The SMILES string of the molecule is CCCCCCCCCc1ccoc1[P]. The number of furan rings is 1. The van der Waals surface area contributed by atoms with Gasteiger partial charge >= 0.3 is 0 Å². The van der Waals surface area contributed by atoms with Crippen molar-refractivity contribution in [3.8, 4) is 0 Å². The van der Waals surface area contributed by atoms with Crippen molar-refractivity contribution in [3.05, 3.63) is 17.9 Å². The van der Waals surface area contributed by atoms with Gasteiger partial charge in [0.25, 0.3) is 0 Å². The summed E-state index contributed by atoms with van der Waals surface area (Å²) in [6.07, 6.45) is 12.3. The molecule has 0 bridgehead atoms. The standard InChI is InChI=1S/C13H21OP/c1-2-3-4-5-6-7-8-9-12-10-11-14-13(12)15/h10-11H,2-9H2,1H3. The van der Waals surface area contributed by atoms with Crippen molar-refractivity contribution >= 4 is 14.7 Å². The molecule has 1 heterocycles. The molecule has 0 saturated carbocycles. The number of aryl methyl sites for hydroxylation is 1. The van der Waals surface area contributed by atoms with E-state index in [0.717, 1.165) is 11.9 Å². The minimum absolute atomic E-state index is 0.793. The molecule has 0 amide bonds. The lowest BCUT2D eigenvalue weighted by Gasteiger charge is -2.00. The van der Waals surface area contributed by atoms with Gasteiger partial charge in [-0.25, -0.2) is 0 Å². The normalized spacial score (nSPS) is 10.8. The van der Waals surface area contributed by atoms with Crippen LogP contribution in [0.5, 0.6) is 0 Å². The van der Waals surface area contributed by atoms with Gasteiger partial charge in [0.15, 0.2) is 0 Å². The molecule has 0 aromatic carbocycles. The fourth-order valence-corrected chi connectivity index (χ4v) is 2.04. The summed E-state index contributed by atoms with van der Waals surface area (Å²) in [4.78, 5) is 0. The van der Waals surface area contributed by atoms with Crippen LogP contribution in [-0.2, 0) is 6.42 Å². The van der Waals surface area contributed by atoms with Gasteiger partial charge in [-0.05, 0) is 24.5 Å². The second-order valence-corrected chi connectivity index (χ2v) is 4.53. The van der Waals surface area contributed by atoms with Crippen LogP contribution >= 0.6 is 9.24 Å². The Hall–Kier alpha value is -0.290. The highest BCUT2D eigenvalue weighted by atomic mass is 31.0. The number of hydrogen-bond acceptors (Lipinski definition) is 1. The molecule has 1 aromatic heterocycles. The van der Waals surface area contributed by atoms with E-state index < -0.39 is 0 Å². The van der Waals surface area contributed by atoms with Crippen LogP contribution in [0.2, 0.25) is 0 Å². The first kappa shape index (κ1) is 12.8. The molecular weight excluding hydrogens is 203 g/mol. The third kappa shape index (κ3) is 5.37. The minimum atomic E-state index is 0.793. The van der Waals surface area contributed by atoms with Crippen LogP contribution in [0.1, 0.15) is 57.4 Å². The van der Waals surface area contributed by atoms with E-state index in [1.54, 1.807) is 6.26 Å². The van der Waals surface area contributed by atoms with Crippen molar-refractivity contribution in [1.29, 1.82) is 0 Å². The van der Waals surface area contributed by atoms with Gasteiger partial charge in [0, 0.05) is 9.24 Å². The average molecular weight is 224 g/mol. The van der Waals surface area contributed by atoms with E-state index in [-0.39, 0.29) is 0 Å². The molecule has 2 heteroatoms. The van der Waals surface area contributed by atoms with E-state index in [1.165, 1.54) is 50.5 Å². The summed E-state index contributed by atoms with van der Waals surface area (Å²) in [5.41, 5.74) is 2.05. The monoisotopic (exact) mass is 224 g/mol. The molecule has 0 unspecified atom stereocenters. The van der Waals surface area contributed by atoms with E-state index >= 15 is 0 Å². The average Bonchev–Trinajstić information content (AvgIpc) is 2.63. The molecule has 0 saturated heterocycles. The predicted molar refractivity (Wildman–Crippen MR) is 67.0 cm³/mol. The van der Waals surface area contributed by atoms with Crippen LogP contribution in [0.4, 0.5) is 0 Å². The fraction of sp³-hybridized carbons (Fsp3) is 0.692. The quantitative estimate of drug-likeness (QED) is 0.464. The van der Waals surface area contributed by atoms with Gasteiger partial charge < -0.3 is 4.42 Å². The Bertz CT molecular complexity index is 255. The molecular formula is C13H21OP. The van der Waals surface area contributed by atoms with Gasteiger partial charge in [0.05, 0.1) is 6.26 Å². The molecule has 0 fully saturated rings. The van der Waals surface area contributed by atoms with Gasteiger partial charge in [-0.2, -0.15) is 0 Å². The highest BCUT2D eigenvalue weighted by molar-refractivity contribution is 7.26. The Balaban J connectivity index is 1.96. The van der Waals surface area contributed by atoms with Crippen molar-refractivity contribution in [1.82, 2.24) is 0 Å². The van der Waals surface area contributed by atoms with Crippen LogP contribution in [0.3, 0.4) is 0 Å². The maximum absolute atomic E-state index is 5.14. The molecule has 0 aliphatic carbocycles. The number of unbranched alkanes of at least 4 members (excludes halogenated alkanes) is 6. The number of rotatable bonds is 8. The zero-order chi connectivity index (χ0) is 10.9. The van der Waals surface area contributed by atoms with Crippen LogP contribution in [-0.4, -0.2) is 0 Å². The molecule has 0 N–H and O–H groups in total. The zero-order valence-corrected chi connectivity index (χ0v) is 10.6. The smallest absolute Gasteiger partial charge is 0.138 e. The van der Waals surface area contributed by atoms with Crippen LogP contribution < -0.4 is 5.50 Å². The molecule has 1 nitrogen and oxygen atoms in total. The van der Waals surface area contributed by atoms with Crippen LogP contribution in [0.15, 0.2) is 16.7 Å². The maximum Gasteiger partial charge on any atom is 0.138 e. The van der Waals surface area contributed by atoms with E-state index in [4.69, 9.17) is 4.42 Å². The van der Waals surface area contributed by atoms with Crippen molar-refractivity contribution in [2.45, 2.75) is 58.3 Å². The zero-order valence-electron chi connectivity index (χ0n) is 9.67. The summed E-state index contributed by atoms with van der Waals surface area (Å²) in [6, 6.07) is 2.03. The topological polar surface area (TPSA) is 13.1 Å². The lowest BCUT2D eigenvalue weighted by Crippen LogP contribution is -1.95. The van der Waals surface area contributed by atoms with Crippen molar-refractivity contribution < 1.29 is 4.42 Å². The van der Waals surface area contributed by atoms with Crippen molar-refractivity contribution in [3.63, 3.8) is 0 Å². The Morgan fingerprint density at radius 1 is 1.07 bits per heavy atom. The van der Waals surface area contributed by atoms with Crippen LogP contribution in [0, 0.1) is 0 Å². The predicted octanol–water partition coefficient (Wildman–Crippen LogP) is 4.61. The van der Waals surface area contributed by atoms with Gasteiger partial charge in [-0.1, -0.05) is 45.4 Å². The Kier molecular flexibility index (Phi) is 6.76. The lowest BCUT2D eigenvalue weighted by atomic mass is 10.1. The summed E-state index contributed by atoms with van der Waals surface area (Å²) in [7, 11) is 4.25. The van der Waals surface area contributed by atoms with Gasteiger partial charge in [0.2, 0.25) is 0 Å². The van der Waals surface area contributed by atoms with E-state index in [9.17, 15) is 0 Å². The highest BCUT2D eigenvalue weighted by Gasteiger charge is 2.00. The summed E-state index contributed by atoms with van der Waals surface area (Å²) in [6.45, 7) is 2.26. The maximum atomic E-state index is 5.14. The summed E-state index contributed by atoms with van der Waals surface area (Å²) in [5, 5.41) is 0. The van der Waals surface area contributed by atoms with Crippen molar-refractivity contribution in [2.75, 3.05) is 0 Å². The van der Waals surface area contributed by atoms with E-state index in [1.807, 2.05) is 6.07 Å². The Labute approximate surface area is 95.8 Å². The molecule has 0 aliphatic rings. The van der Waals surface area contributed by atoms with Crippen LogP contribution in [0.25, 0.3) is 0 Å². The summed E-state index contributed by atoms with van der Waals surface area (Å²) < 4.78 is 5.14. The first-order chi connectivity index (χ1) is 7.34. The van der Waals surface area contributed by atoms with E-state index in [0.29, 0.717) is 0 Å². The first-order valence-electron chi connectivity index (χ1n) is 6.10. The van der Waals surface area contributed by atoms with Gasteiger partial charge in [-0.15, -0.1) is 0 Å². The van der Waals surface area contributed by atoms with Crippen molar-refractivity contribution in [2.24, 2.45) is 0 Å².